The summed E-state index contributed by atoms with van der Waals surface area (Å²) in [4.78, 5) is 49.7. The third-order valence-corrected chi connectivity index (χ3v) is 14.9. The minimum absolute atomic E-state index is 0.201. The minimum Gasteiger partial charge on any atom is -0.494 e. The molecule has 6 heterocycles. The summed E-state index contributed by atoms with van der Waals surface area (Å²) in [6.45, 7) is 21.0. The smallest absolute Gasteiger partial charge is 0.255 e. The summed E-state index contributed by atoms with van der Waals surface area (Å²) in [5.74, 6) is 1.06. The molecular formula is C69H80N14O4. The Morgan fingerprint density at radius 1 is 0.552 bits per heavy atom. The molecule has 11 rings (SSSR count). The number of aromatic nitrogens is 10. The van der Waals surface area contributed by atoms with Gasteiger partial charge in [0.05, 0.1) is 47.8 Å². The van der Waals surface area contributed by atoms with Crippen molar-refractivity contribution in [3.05, 3.63) is 180 Å². The van der Waals surface area contributed by atoms with Gasteiger partial charge in [-0.25, -0.2) is 19.9 Å². The molecule has 0 atom stereocenters. The Morgan fingerprint density at radius 2 is 0.977 bits per heavy atom. The Bertz CT molecular complexity index is 4140. The number of ether oxygens (including phenoxy) is 2. The number of amides is 2. The Balaban J connectivity index is 0.000000212. The molecule has 18 nitrogen and oxygen atoms in total. The van der Waals surface area contributed by atoms with Gasteiger partial charge in [0.2, 0.25) is 0 Å². The lowest BCUT2D eigenvalue weighted by Gasteiger charge is -2.38. The van der Waals surface area contributed by atoms with Crippen LogP contribution in [0.1, 0.15) is 132 Å². The van der Waals surface area contributed by atoms with Gasteiger partial charge in [0.15, 0.2) is 11.3 Å². The number of hydrogen-bond acceptors (Lipinski definition) is 12. The average Bonchev–Trinajstić information content (AvgIpc) is 1.69. The SMILES string of the molecule is Cn1nc(-c2cnc3[nH]cc(C(=O)NC(C)(C)C)c3n2)c2cc(OCCCC(C)(C)N)ccc21.Cn1nc(-c2cnc3c(n2)c(C(=O)NC(C)(C)C)cn3C(c2ccccc2)(c2ccccc2)c2ccccc2)c2cc(OCCCC(C)(C)N)ccc21. The number of fused-ring (bicyclic) bond motifs is 4. The van der Waals surface area contributed by atoms with Crippen molar-refractivity contribution < 1.29 is 19.1 Å². The van der Waals surface area contributed by atoms with Gasteiger partial charge < -0.3 is 41.1 Å². The van der Waals surface area contributed by atoms with Crippen LogP contribution in [0.25, 0.3) is 66.9 Å². The van der Waals surface area contributed by atoms with Crippen molar-refractivity contribution in [3.63, 3.8) is 0 Å². The van der Waals surface area contributed by atoms with Gasteiger partial charge in [-0.1, -0.05) is 91.0 Å². The number of aromatic amines is 1. The van der Waals surface area contributed by atoms with E-state index in [0.29, 0.717) is 69.4 Å². The largest absolute Gasteiger partial charge is 0.494 e. The van der Waals surface area contributed by atoms with Crippen molar-refractivity contribution in [2.45, 2.75) is 123 Å². The number of nitrogens with one attached hydrogen (secondary N) is 3. The van der Waals surface area contributed by atoms with Crippen LogP contribution in [0.3, 0.4) is 0 Å². The molecule has 0 radical (unpaired) electrons. The van der Waals surface area contributed by atoms with E-state index in [0.717, 1.165) is 75.7 Å². The first-order valence-electron chi connectivity index (χ1n) is 29.6. The van der Waals surface area contributed by atoms with Gasteiger partial charge in [-0.15, -0.1) is 0 Å². The van der Waals surface area contributed by atoms with Crippen LogP contribution in [0.2, 0.25) is 0 Å². The van der Waals surface area contributed by atoms with E-state index in [1.807, 2.05) is 190 Å². The van der Waals surface area contributed by atoms with E-state index in [-0.39, 0.29) is 28.4 Å². The predicted octanol–water partition coefficient (Wildman–Crippen LogP) is 12.2. The summed E-state index contributed by atoms with van der Waals surface area (Å²) < 4.78 is 17.9. The van der Waals surface area contributed by atoms with Crippen molar-refractivity contribution in [1.82, 2.24) is 59.7 Å². The lowest BCUT2D eigenvalue weighted by molar-refractivity contribution is 0.0911. The summed E-state index contributed by atoms with van der Waals surface area (Å²) in [5, 5.41) is 17.5. The highest BCUT2D eigenvalue weighted by molar-refractivity contribution is 6.07. The van der Waals surface area contributed by atoms with Crippen LogP contribution in [-0.4, -0.2) is 96.2 Å². The standard InChI is InChI=1S/C44H47N7O2.C25H33N7O2/c1-42(2,3)48-41(52)35-29-51(44(30-17-10-7-11-18-30,31-19-12-8-13-20-31)32-21-14-9-15-22-32)40-39(35)47-36(28-46-40)38-34-27-33(23-24-37(34)50(6)49-38)53-26-16-25-43(4,5)45;1-24(2,3)30-23(33)17-13-27-22-21(17)29-18(14-28-22)20-16-12-15(8-9-19(16)32(6)31-20)34-11-7-10-25(4,5)26/h7-15,17-24,27-29H,16,25-26,45H2,1-6H3,(H,48,52);8-9,12-14H,7,10-11,26H2,1-6H3,(H,27,28)(H,30,33). The molecule has 0 spiro atoms. The molecule has 87 heavy (non-hydrogen) atoms. The van der Waals surface area contributed by atoms with Gasteiger partial charge in [0.1, 0.15) is 50.8 Å². The van der Waals surface area contributed by atoms with Crippen LogP contribution in [0.5, 0.6) is 11.5 Å². The van der Waals surface area contributed by atoms with E-state index in [1.54, 1.807) is 18.6 Å². The van der Waals surface area contributed by atoms with Gasteiger partial charge in [-0.2, -0.15) is 10.2 Å². The quantitative estimate of drug-likeness (QED) is 0.0398. The van der Waals surface area contributed by atoms with Gasteiger partial charge in [-0.3, -0.25) is 19.0 Å². The highest BCUT2D eigenvalue weighted by Gasteiger charge is 2.41. The molecule has 18 heteroatoms. The molecule has 0 bridgehead atoms. The monoisotopic (exact) mass is 1170 g/mol. The summed E-state index contributed by atoms with van der Waals surface area (Å²) in [7, 11) is 3.80. The fourth-order valence-electron chi connectivity index (χ4n) is 11.0. The maximum absolute atomic E-state index is 14.3. The van der Waals surface area contributed by atoms with Gasteiger partial charge in [0, 0.05) is 59.4 Å². The summed E-state index contributed by atoms with van der Waals surface area (Å²) in [6, 6.07) is 42.9. The van der Waals surface area contributed by atoms with Crippen LogP contribution in [0, 0.1) is 0 Å². The minimum atomic E-state index is -0.901. The van der Waals surface area contributed by atoms with Crippen molar-refractivity contribution in [1.29, 1.82) is 0 Å². The maximum Gasteiger partial charge on any atom is 0.255 e. The number of H-pyrrole nitrogens is 1. The number of carbonyl (C=O) groups excluding carboxylic acids is 2. The molecule has 5 aromatic carbocycles. The van der Waals surface area contributed by atoms with Gasteiger partial charge in [0.25, 0.3) is 11.8 Å². The first-order chi connectivity index (χ1) is 41.3. The molecule has 0 aliphatic rings. The Morgan fingerprint density at radius 3 is 1.41 bits per heavy atom. The van der Waals surface area contributed by atoms with Gasteiger partial charge in [-0.05, 0) is 148 Å². The van der Waals surface area contributed by atoms with Crippen LogP contribution < -0.4 is 31.6 Å². The topological polar surface area (TPSA) is 237 Å². The lowest BCUT2D eigenvalue weighted by atomic mass is 9.76. The number of carbonyl (C=O) groups is 2. The fraction of sp³-hybridized carbons (Fsp3) is 0.333. The van der Waals surface area contributed by atoms with Crippen LogP contribution >= 0.6 is 0 Å². The number of rotatable bonds is 18. The molecule has 2 amide bonds. The number of benzene rings is 5. The zero-order valence-corrected chi connectivity index (χ0v) is 52.0. The Kier molecular flexibility index (Phi) is 17.0. The Labute approximate surface area is 508 Å². The number of nitrogens with zero attached hydrogens (tertiary/aromatic N) is 9. The first-order valence-corrected chi connectivity index (χ1v) is 29.6. The van der Waals surface area contributed by atoms with Crippen LogP contribution in [0.15, 0.2) is 152 Å². The molecule has 6 aromatic heterocycles. The maximum atomic E-state index is 14.3. The summed E-state index contributed by atoms with van der Waals surface area (Å²) in [6.07, 6.45) is 10.4. The molecule has 0 unspecified atom stereocenters. The van der Waals surface area contributed by atoms with E-state index in [4.69, 9.17) is 41.0 Å². The van der Waals surface area contributed by atoms with Crippen LogP contribution in [0.4, 0.5) is 0 Å². The van der Waals surface area contributed by atoms with E-state index in [9.17, 15) is 9.59 Å². The molecule has 11 aromatic rings. The molecule has 0 aliphatic carbocycles. The van der Waals surface area contributed by atoms with E-state index in [1.165, 1.54) is 0 Å². The first kappa shape index (κ1) is 60.8. The number of aryl methyl sites for hydroxylation is 2. The van der Waals surface area contributed by atoms with Crippen molar-refractivity contribution >= 4 is 55.9 Å². The van der Waals surface area contributed by atoms with E-state index >= 15 is 0 Å². The van der Waals surface area contributed by atoms with E-state index in [2.05, 4.69) is 66.7 Å². The molecule has 0 fully saturated rings. The molecule has 450 valence electrons. The molecule has 7 N–H and O–H groups in total. The summed E-state index contributed by atoms with van der Waals surface area (Å²) >= 11 is 0. The zero-order valence-electron chi connectivity index (χ0n) is 52.0. The molecule has 0 saturated heterocycles. The highest BCUT2D eigenvalue weighted by atomic mass is 16.5. The predicted molar refractivity (Wildman–Crippen MR) is 346 cm³/mol. The molecule has 0 aliphatic heterocycles. The zero-order chi connectivity index (χ0) is 62.1. The summed E-state index contributed by atoms with van der Waals surface area (Å²) in [5.41, 5.74) is 20.4. The number of hydrogen-bond donors (Lipinski definition) is 5. The second kappa shape index (κ2) is 24.2. The molecular weight excluding hydrogens is 1090 g/mol. The van der Waals surface area contributed by atoms with Gasteiger partial charge >= 0.3 is 0 Å². The van der Waals surface area contributed by atoms with Crippen LogP contribution in [-0.2, 0) is 19.6 Å². The second-order valence-electron chi connectivity index (χ2n) is 25.9. The highest BCUT2D eigenvalue weighted by Crippen LogP contribution is 2.44. The third-order valence-electron chi connectivity index (χ3n) is 14.9. The normalized spacial score (nSPS) is 12.4. The lowest BCUT2D eigenvalue weighted by Crippen LogP contribution is -2.40. The fourth-order valence-corrected chi connectivity index (χ4v) is 11.0. The van der Waals surface area contributed by atoms with Crippen molar-refractivity contribution in [3.8, 4) is 34.3 Å². The second-order valence-corrected chi connectivity index (χ2v) is 25.9. The average molecular weight is 1170 g/mol. The van der Waals surface area contributed by atoms with Crippen molar-refractivity contribution in [2.24, 2.45) is 25.6 Å². The Hall–Kier alpha value is -9.26. The van der Waals surface area contributed by atoms with Crippen molar-refractivity contribution in [2.75, 3.05) is 13.2 Å². The van der Waals surface area contributed by atoms with E-state index < -0.39 is 11.1 Å². The third kappa shape index (κ3) is 13.6. The molecule has 0 saturated carbocycles. The number of nitrogens with two attached hydrogens (primary N) is 2.